The van der Waals surface area contributed by atoms with Gasteiger partial charge in [-0.05, 0) is 30.0 Å². The van der Waals surface area contributed by atoms with Gasteiger partial charge in [-0.2, -0.15) is 0 Å². The van der Waals surface area contributed by atoms with Crippen LogP contribution in [0.5, 0.6) is 5.75 Å². The molecule has 0 aromatic heterocycles. The van der Waals surface area contributed by atoms with Gasteiger partial charge in [0.05, 0.1) is 12.4 Å². The second kappa shape index (κ2) is 6.02. The van der Waals surface area contributed by atoms with Gasteiger partial charge in [-0.1, -0.05) is 25.1 Å². The summed E-state index contributed by atoms with van der Waals surface area (Å²) in [5, 5.41) is 4.61. The highest BCUT2D eigenvalue weighted by molar-refractivity contribution is 7.89. The van der Waals surface area contributed by atoms with E-state index in [1.165, 1.54) is 0 Å². The summed E-state index contributed by atoms with van der Waals surface area (Å²) in [5.74, 6) is 0.546. The zero-order valence-corrected chi connectivity index (χ0v) is 11.5. The minimum atomic E-state index is -3.59. The fourth-order valence-electron chi connectivity index (χ4n) is 1.75. The number of ether oxygens (including phenoxy) is 1. The van der Waals surface area contributed by atoms with Crippen LogP contribution in [-0.2, 0) is 16.4 Å². The van der Waals surface area contributed by atoms with E-state index in [9.17, 15) is 8.42 Å². The fourth-order valence-corrected chi connectivity index (χ4v) is 2.88. The maximum atomic E-state index is 11.6. The minimum absolute atomic E-state index is 0.192. The molecule has 18 heavy (non-hydrogen) atoms. The summed E-state index contributed by atoms with van der Waals surface area (Å²) in [6, 6.07) is 7.28. The monoisotopic (exact) mass is 269 g/mol. The van der Waals surface area contributed by atoms with Crippen LogP contribution < -0.4 is 9.88 Å². The van der Waals surface area contributed by atoms with Crippen molar-refractivity contribution in [3.63, 3.8) is 0 Å². The van der Waals surface area contributed by atoms with Crippen LogP contribution in [0.15, 0.2) is 36.9 Å². The van der Waals surface area contributed by atoms with Crippen LogP contribution in [-0.4, -0.2) is 20.8 Å². The Morgan fingerprint density at radius 1 is 1.39 bits per heavy atom. The van der Waals surface area contributed by atoms with E-state index in [0.717, 1.165) is 11.3 Å². The first kappa shape index (κ1) is 14.7. The number of hydrogen-bond donors (Lipinski definition) is 1. The van der Waals surface area contributed by atoms with Gasteiger partial charge in [-0.15, -0.1) is 6.58 Å². The number of rotatable bonds is 6. The molecule has 0 aliphatic rings. The van der Waals surface area contributed by atoms with E-state index in [1.807, 2.05) is 12.1 Å². The van der Waals surface area contributed by atoms with Crippen LogP contribution >= 0.6 is 0 Å². The predicted octanol–water partition coefficient (Wildman–Crippen LogP) is 1.72. The molecule has 0 aliphatic heterocycles. The lowest BCUT2D eigenvalue weighted by atomic mass is 10.0. The molecule has 0 amide bonds. The van der Waals surface area contributed by atoms with Crippen LogP contribution in [0.2, 0.25) is 0 Å². The molecule has 0 bridgehead atoms. The molecule has 0 saturated carbocycles. The lowest BCUT2D eigenvalue weighted by molar-refractivity contribution is 0.414. The second-order valence-corrected chi connectivity index (χ2v) is 6.06. The third-order valence-electron chi connectivity index (χ3n) is 2.98. The Bertz CT molecular complexity index is 493. The normalized spacial score (nSPS) is 14.8. The van der Waals surface area contributed by atoms with E-state index in [2.05, 4.69) is 6.58 Å². The van der Waals surface area contributed by atoms with Gasteiger partial charge in [0.15, 0.2) is 0 Å². The maximum absolute atomic E-state index is 11.6. The standard InChI is InChI=1S/C13H19NO3S/c1-4-10(2)13(18(14,15)16)9-11-5-7-12(17-3)8-6-11/h4-8,10,13H,1,9H2,2-3H3,(H2,14,15,16). The highest BCUT2D eigenvalue weighted by Gasteiger charge is 2.26. The molecular weight excluding hydrogens is 250 g/mol. The van der Waals surface area contributed by atoms with Crippen LogP contribution in [0.1, 0.15) is 12.5 Å². The summed E-state index contributed by atoms with van der Waals surface area (Å²) in [6.07, 6.45) is 1.98. The number of methoxy groups -OCH3 is 1. The van der Waals surface area contributed by atoms with Crippen molar-refractivity contribution in [1.29, 1.82) is 0 Å². The first-order valence-corrected chi connectivity index (χ1v) is 7.26. The molecule has 0 radical (unpaired) electrons. The third kappa shape index (κ3) is 3.85. The zero-order valence-electron chi connectivity index (χ0n) is 10.7. The van der Waals surface area contributed by atoms with Crippen LogP contribution in [0, 0.1) is 5.92 Å². The van der Waals surface area contributed by atoms with Crippen molar-refractivity contribution in [1.82, 2.24) is 0 Å². The Morgan fingerprint density at radius 3 is 2.33 bits per heavy atom. The van der Waals surface area contributed by atoms with Crippen molar-refractivity contribution in [2.75, 3.05) is 7.11 Å². The Kier molecular flexibility index (Phi) is 4.93. The quantitative estimate of drug-likeness (QED) is 0.799. The summed E-state index contributed by atoms with van der Waals surface area (Å²) < 4.78 is 28.2. The summed E-state index contributed by atoms with van der Waals surface area (Å²) >= 11 is 0. The Balaban J connectivity index is 2.92. The van der Waals surface area contributed by atoms with Crippen molar-refractivity contribution in [2.45, 2.75) is 18.6 Å². The van der Waals surface area contributed by atoms with Crippen molar-refractivity contribution in [3.05, 3.63) is 42.5 Å². The average Bonchev–Trinajstić information content (AvgIpc) is 2.34. The summed E-state index contributed by atoms with van der Waals surface area (Å²) in [5.41, 5.74) is 0.906. The summed E-state index contributed by atoms with van der Waals surface area (Å²) in [7, 11) is -2.01. The van der Waals surface area contributed by atoms with Crippen molar-refractivity contribution in [2.24, 2.45) is 11.1 Å². The second-order valence-electron chi connectivity index (χ2n) is 4.27. The predicted molar refractivity (Wildman–Crippen MR) is 73.0 cm³/mol. The van der Waals surface area contributed by atoms with Gasteiger partial charge in [0.2, 0.25) is 10.0 Å². The molecule has 1 aromatic rings. The lowest BCUT2D eigenvalue weighted by Gasteiger charge is -2.19. The number of sulfonamides is 1. The van der Waals surface area contributed by atoms with E-state index in [1.54, 1.807) is 32.2 Å². The number of allylic oxidation sites excluding steroid dienone is 1. The van der Waals surface area contributed by atoms with Gasteiger partial charge in [0.25, 0.3) is 0 Å². The number of hydrogen-bond acceptors (Lipinski definition) is 3. The largest absolute Gasteiger partial charge is 0.497 e. The first-order valence-electron chi connectivity index (χ1n) is 5.65. The first-order chi connectivity index (χ1) is 8.38. The lowest BCUT2D eigenvalue weighted by Crippen LogP contribution is -2.35. The molecule has 1 aromatic carbocycles. The van der Waals surface area contributed by atoms with E-state index >= 15 is 0 Å². The van der Waals surface area contributed by atoms with Crippen LogP contribution in [0.3, 0.4) is 0 Å². The summed E-state index contributed by atoms with van der Waals surface area (Å²) in [4.78, 5) is 0. The average molecular weight is 269 g/mol. The molecule has 0 spiro atoms. The Labute approximate surface area is 109 Å². The summed E-state index contributed by atoms with van der Waals surface area (Å²) in [6.45, 7) is 5.42. The fraction of sp³-hybridized carbons (Fsp3) is 0.385. The molecule has 0 saturated heterocycles. The Hall–Kier alpha value is -1.33. The SMILES string of the molecule is C=CC(C)C(Cc1ccc(OC)cc1)S(N)(=O)=O. The highest BCUT2D eigenvalue weighted by Crippen LogP contribution is 2.19. The third-order valence-corrected chi connectivity index (χ3v) is 4.42. The minimum Gasteiger partial charge on any atom is -0.497 e. The molecule has 5 heteroatoms. The van der Waals surface area contributed by atoms with Crippen molar-refractivity contribution >= 4 is 10.0 Å². The molecule has 2 atom stereocenters. The van der Waals surface area contributed by atoms with Crippen molar-refractivity contribution < 1.29 is 13.2 Å². The van der Waals surface area contributed by atoms with Crippen LogP contribution in [0.25, 0.3) is 0 Å². The number of benzene rings is 1. The molecule has 0 heterocycles. The van der Waals surface area contributed by atoms with Crippen molar-refractivity contribution in [3.8, 4) is 5.75 Å². The molecule has 2 unspecified atom stereocenters. The van der Waals surface area contributed by atoms with Gasteiger partial charge < -0.3 is 4.74 Å². The van der Waals surface area contributed by atoms with Gasteiger partial charge >= 0.3 is 0 Å². The number of primary sulfonamides is 1. The molecule has 2 N–H and O–H groups in total. The molecule has 0 aliphatic carbocycles. The van der Waals surface area contributed by atoms with Crippen LogP contribution in [0.4, 0.5) is 0 Å². The molecule has 4 nitrogen and oxygen atoms in total. The molecular formula is C13H19NO3S. The van der Waals surface area contributed by atoms with E-state index in [0.29, 0.717) is 6.42 Å². The van der Waals surface area contributed by atoms with E-state index in [-0.39, 0.29) is 5.92 Å². The molecule has 0 fully saturated rings. The smallest absolute Gasteiger partial charge is 0.212 e. The van der Waals surface area contributed by atoms with Gasteiger partial charge in [0.1, 0.15) is 5.75 Å². The molecule has 1 rings (SSSR count). The van der Waals surface area contributed by atoms with E-state index < -0.39 is 15.3 Å². The highest BCUT2D eigenvalue weighted by atomic mass is 32.2. The molecule has 100 valence electrons. The van der Waals surface area contributed by atoms with Gasteiger partial charge in [-0.3, -0.25) is 0 Å². The van der Waals surface area contributed by atoms with Gasteiger partial charge in [-0.25, -0.2) is 13.6 Å². The number of nitrogens with two attached hydrogens (primary N) is 1. The topological polar surface area (TPSA) is 69.4 Å². The Morgan fingerprint density at radius 2 is 1.94 bits per heavy atom. The zero-order chi connectivity index (χ0) is 13.8. The van der Waals surface area contributed by atoms with E-state index in [4.69, 9.17) is 9.88 Å². The van der Waals surface area contributed by atoms with Gasteiger partial charge in [0, 0.05) is 0 Å². The maximum Gasteiger partial charge on any atom is 0.212 e.